The number of hydrogen-bond donors (Lipinski definition) is 0. The van der Waals surface area contributed by atoms with E-state index in [1.165, 1.54) is 18.2 Å². The number of aryl methyl sites for hydroxylation is 1. The molecule has 0 radical (unpaired) electrons. The Balaban J connectivity index is 1.28. The summed E-state index contributed by atoms with van der Waals surface area (Å²) in [6, 6.07) is 16.4. The van der Waals surface area contributed by atoms with Gasteiger partial charge in [0.15, 0.2) is 0 Å². The SMILES string of the molecule is COc1cccc([C@]2(CC(=O)N3CCN([C@@H]4CCc5ccccc5C4)CC3)CC(=O)N(C)C2=O)c1. The van der Waals surface area contributed by atoms with Crippen molar-refractivity contribution in [1.82, 2.24) is 14.7 Å². The first kappa shape index (κ1) is 23.5. The van der Waals surface area contributed by atoms with Crippen molar-refractivity contribution in [3.05, 3.63) is 65.2 Å². The van der Waals surface area contributed by atoms with Crippen molar-refractivity contribution in [2.45, 2.75) is 43.6 Å². The van der Waals surface area contributed by atoms with E-state index in [2.05, 4.69) is 29.2 Å². The van der Waals surface area contributed by atoms with Crippen LogP contribution in [-0.2, 0) is 32.6 Å². The average molecular weight is 476 g/mol. The van der Waals surface area contributed by atoms with Gasteiger partial charge in [0.1, 0.15) is 5.75 Å². The van der Waals surface area contributed by atoms with Crippen LogP contribution in [0.25, 0.3) is 0 Å². The summed E-state index contributed by atoms with van der Waals surface area (Å²) in [5, 5.41) is 0. The minimum Gasteiger partial charge on any atom is -0.497 e. The summed E-state index contributed by atoms with van der Waals surface area (Å²) in [5.41, 5.74) is 2.38. The number of nitrogens with zero attached hydrogens (tertiary/aromatic N) is 3. The van der Waals surface area contributed by atoms with Crippen molar-refractivity contribution in [1.29, 1.82) is 0 Å². The van der Waals surface area contributed by atoms with Crippen LogP contribution in [0.2, 0.25) is 0 Å². The van der Waals surface area contributed by atoms with Crippen LogP contribution >= 0.6 is 0 Å². The van der Waals surface area contributed by atoms with E-state index in [9.17, 15) is 14.4 Å². The van der Waals surface area contributed by atoms with E-state index in [1.807, 2.05) is 11.0 Å². The summed E-state index contributed by atoms with van der Waals surface area (Å²) < 4.78 is 5.35. The lowest BCUT2D eigenvalue weighted by molar-refractivity contribution is -0.142. The third-order valence-corrected chi connectivity index (χ3v) is 8.12. The molecule has 2 aliphatic heterocycles. The second-order valence-corrected chi connectivity index (χ2v) is 10.0. The largest absolute Gasteiger partial charge is 0.497 e. The molecule has 7 nitrogen and oxygen atoms in total. The Labute approximate surface area is 206 Å². The van der Waals surface area contributed by atoms with E-state index in [0.717, 1.165) is 37.3 Å². The third kappa shape index (κ3) is 4.33. The molecule has 2 atom stereocenters. The molecule has 3 aliphatic rings. The number of carbonyl (C=O) groups is 3. The van der Waals surface area contributed by atoms with Gasteiger partial charge in [0.2, 0.25) is 17.7 Å². The highest BCUT2D eigenvalue weighted by molar-refractivity contribution is 6.10. The summed E-state index contributed by atoms with van der Waals surface area (Å²) in [4.78, 5) is 44.9. The van der Waals surface area contributed by atoms with E-state index in [0.29, 0.717) is 30.4 Å². The number of piperazine rings is 1. The Hall–Kier alpha value is -3.19. The molecule has 35 heavy (non-hydrogen) atoms. The van der Waals surface area contributed by atoms with Crippen LogP contribution in [-0.4, -0.2) is 78.8 Å². The molecular formula is C28H33N3O4. The van der Waals surface area contributed by atoms with Crippen molar-refractivity contribution < 1.29 is 19.1 Å². The van der Waals surface area contributed by atoms with Crippen molar-refractivity contribution in [3.8, 4) is 5.75 Å². The fraction of sp³-hybridized carbons (Fsp3) is 0.464. The first-order valence-electron chi connectivity index (χ1n) is 12.5. The number of benzene rings is 2. The molecule has 0 bridgehead atoms. The number of likely N-dealkylation sites (tertiary alicyclic amines) is 1. The fourth-order valence-electron chi connectivity index (χ4n) is 5.97. The van der Waals surface area contributed by atoms with Crippen LogP contribution in [0.3, 0.4) is 0 Å². The van der Waals surface area contributed by atoms with Gasteiger partial charge in [-0.3, -0.25) is 24.2 Å². The maximum atomic E-state index is 13.5. The number of fused-ring (bicyclic) bond motifs is 1. The van der Waals surface area contributed by atoms with E-state index >= 15 is 0 Å². The van der Waals surface area contributed by atoms with Gasteiger partial charge in [0.05, 0.1) is 12.5 Å². The Morgan fingerprint density at radius 2 is 1.77 bits per heavy atom. The molecule has 2 saturated heterocycles. The minimum absolute atomic E-state index is 0.00267. The van der Waals surface area contributed by atoms with Gasteiger partial charge in [-0.2, -0.15) is 0 Å². The van der Waals surface area contributed by atoms with E-state index < -0.39 is 5.41 Å². The van der Waals surface area contributed by atoms with Crippen molar-refractivity contribution in [3.63, 3.8) is 0 Å². The Kier molecular flexibility index (Phi) is 6.36. The zero-order valence-corrected chi connectivity index (χ0v) is 20.5. The third-order valence-electron chi connectivity index (χ3n) is 8.12. The number of rotatable bonds is 5. The molecule has 2 aromatic carbocycles. The normalized spacial score (nSPS) is 25.0. The summed E-state index contributed by atoms with van der Waals surface area (Å²) >= 11 is 0. The summed E-state index contributed by atoms with van der Waals surface area (Å²) in [5.74, 6) is -0.0404. The lowest BCUT2D eigenvalue weighted by Crippen LogP contribution is -2.54. The molecule has 2 fully saturated rings. The van der Waals surface area contributed by atoms with Gasteiger partial charge in [0, 0.05) is 52.1 Å². The maximum absolute atomic E-state index is 13.5. The second kappa shape index (κ2) is 9.46. The monoisotopic (exact) mass is 475 g/mol. The minimum atomic E-state index is -1.18. The molecule has 2 heterocycles. The lowest BCUT2D eigenvalue weighted by atomic mass is 9.75. The molecule has 1 aliphatic carbocycles. The molecular weight excluding hydrogens is 442 g/mol. The molecule has 0 spiro atoms. The number of amides is 3. The van der Waals surface area contributed by atoms with Gasteiger partial charge < -0.3 is 9.64 Å². The molecule has 3 amide bonds. The zero-order chi connectivity index (χ0) is 24.6. The zero-order valence-electron chi connectivity index (χ0n) is 20.5. The second-order valence-electron chi connectivity index (χ2n) is 10.0. The number of imide groups is 1. The van der Waals surface area contributed by atoms with Crippen molar-refractivity contribution in [2.75, 3.05) is 40.3 Å². The van der Waals surface area contributed by atoms with Gasteiger partial charge in [-0.05, 0) is 48.1 Å². The summed E-state index contributed by atoms with van der Waals surface area (Å²) in [6.07, 6.45) is 3.31. The van der Waals surface area contributed by atoms with Crippen LogP contribution < -0.4 is 4.74 Å². The highest BCUT2D eigenvalue weighted by atomic mass is 16.5. The molecule has 7 heteroatoms. The summed E-state index contributed by atoms with van der Waals surface area (Å²) in [7, 11) is 3.06. The van der Waals surface area contributed by atoms with Gasteiger partial charge in [-0.25, -0.2) is 0 Å². The first-order valence-corrected chi connectivity index (χ1v) is 12.5. The van der Waals surface area contributed by atoms with Gasteiger partial charge in [0.25, 0.3) is 0 Å². The predicted molar refractivity (Wildman–Crippen MR) is 132 cm³/mol. The van der Waals surface area contributed by atoms with Crippen LogP contribution in [0.5, 0.6) is 5.75 Å². The number of likely N-dealkylation sites (N-methyl/N-ethyl adjacent to an activating group) is 1. The maximum Gasteiger partial charge on any atom is 0.240 e. The highest BCUT2D eigenvalue weighted by Gasteiger charge is 2.53. The molecule has 0 unspecified atom stereocenters. The lowest BCUT2D eigenvalue weighted by Gasteiger charge is -2.41. The molecule has 0 saturated carbocycles. The number of hydrogen-bond acceptors (Lipinski definition) is 5. The Bertz CT molecular complexity index is 1140. The number of carbonyl (C=O) groups excluding carboxylic acids is 3. The standard InChI is InChI=1S/C28H33N3O4/c1-29-25(32)18-28(27(29)34,22-8-5-9-24(17-22)35-2)19-26(33)31-14-12-30(13-15-31)23-11-10-20-6-3-4-7-21(20)16-23/h3-9,17,23H,10-16,18-19H2,1-2H3/t23-,28-/m1/s1. The van der Waals surface area contributed by atoms with Crippen LogP contribution in [0.1, 0.15) is 36.0 Å². The molecule has 5 rings (SSSR count). The van der Waals surface area contributed by atoms with Crippen LogP contribution in [0, 0.1) is 0 Å². The van der Waals surface area contributed by atoms with Crippen LogP contribution in [0.4, 0.5) is 0 Å². The van der Waals surface area contributed by atoms with Crippen molar-refractivity contribution >= 4 is 17.7 Å². The van der Waals surface area contributed by atoms with Gasteiger partial charge in [-0.1, -0.05) is 36.4 Å². The summed E-state index contributed by atoms with van der Waals surface area (Å²) in [6.45, 7) is 2.95. The van der Waals surface area contributed by atoms with Crippen LogP contribution in [0.15, 0.2) is 48.5 Å². The van der Waals surface area contributed by atoms with Gasteiger partial charge >= 0.3 is 0 Å². The van der Waals surface area contributed by atoms with Crippen molar-refractivity contribution in [2.24, 2.45) is 0 Å². The topological polar surface area (TPSA) is 70.2 Å². The van der Waals surface area contributed by atoms with E-state index in [4.69, 9.17) is 4.74 Å². The molecule has 184 valence electrons. The average Bonchev–Trinajstić information content (AvgIpc) is 3.12. The highest BCUT2D eigenvalue weighted by Crippen LogP contribution is 2.41. The number of ether oxygens (including phenoxy) is 1. The smallest absolute Gasteiger partial charge is 0.240 e. The Morgan fingerprint density at radius 1 is 1.03 bits per heavy atom. The van der Waals surface area contributed by atoms with Gasteiger partial charge in [-0.15, -0.1) is 0 Å². The number of methoxy groups -OCH3 is 1. The van der Waals surface area contributed by atoms with E-state index in [1.54, 1.807) is 25.3 Å². The van der Waals surface area contributed by atoms with E-state index in [-0.39, 0.29) is 30.6 Å². The molecule has 0 N–H and O–H groups in total. The quantitative estimate of drug-likeness (QED) is 0.622. The fourth-order valence-corrected chi connectivity index (χ4v) is 5.97. The first-order chi connectivity index (χ1) is 16.9. The predicted octanol–water partition coefficient (Wildman–Crippen LogP) is 2.41. The molecule has 2 aromatic rings. The Morgan fingerprint density at radius 3 is 2.46 bits per heavy atom. The molecule has 0 aromatic heterocycles.